The number of para-hydroxylation sites is 1. The van der Waals surface area contributed by atoms with Gasteiger partial charge in [-0.1, -0.05) is 12.1 Å². The summed E-state index contributed by atoms with van der Waals surface area (Å²) in [5, 5.41) is 0. The summed E-state index contributed by atoms with van der Waals surface area (Å²) in [7, 11) is -2.35. The molecule has 0 aliphatic rings. The molecular weight excluding hydrogens is 267 g/mol. The Labute approximate surface area is 111 Å². The second-order valence-corrected chi connectivity index (χ2v) is 5.92. The normalized spacial score (nSPS) is 11.3. The van der Waals surface area contributed by atoms with Crippen molar-refractivity contribution >= 4 is 21.4 Å². The van der Waals surface area contributed by atoms with Crippen LogP contribution in [0.25, 0.3) is 0 Å². The number of halogens is 1. The highest BCUT2D eigenvalue weighted by Gasteiger charge is 2.23. The molecule has 6 heteroatoms. The van der Waals surface area contributed by atoms with Crippen molar-refractivity contribution < 1.29 is 12.8 Å². The lowest BCUT2D eigenvalue weighted by Gasteiger charge is -2.20. The molecule has 100 valence electrons. The summed E-state index contributed by atoms with van der Waals surface area (Å²) in [6, 6.07) is 11.4. The van der Waals surface area contributed by atoms with Crippen LogP contribution in [0.5, 0.6) is 0 Å². The van der Waals surface area contributed by atoms with Gasteiger partial charge in [0.2, 0.25) is 0 Å². The first-order valence-electron chi connectivity index (χ1n) is 5.52. The molecule has 2 rings (SSSR count). The molecule has 0 aromatic heterocycles. The smallest absolute Gasteiger partial charge is 0.266 e. The Kier molecular flexibility index (Phi) is 3.44. The third-order valence-electron chi connectivity index (χ3n) is 2.75. The molecule has 0 fully saturated rings. The minimum atomic E-state index is -3.75. The van der Waals surface area contributed by atoms with Crippen LogP contribution in [-0.4, -0.2) is 15.5 Å². The first-order chi connectivity index (χ1) is 8.93. The number of rotatable bonds is 3. The zero-order valence-electron chi connectivity index (χ0n) is 10.2. The second-order valence-electron chi connectivity index (χ2n) is 3.99. The van der Waals surface area contributed by atoms with E-state index in [-0.39, 0.29) is 10.6 Å². The Morgan fingerprint density at radius 3 is 2.21 bits per heavy atom. The van der Waals surface area contributed by atoms with E-state index in [9.17, 15) is 12.8 Å². The van der Waals surface area contributed by atoms with Gasteiger partial charge in [0.05, 0.1) is 11.4 Å². The molecule has 0 heterocycles. The maximum Gasteiger partial charge on any atom is 0.266 e. The molecule has 4 nitrogen and oxygen atoms in total. The van der Waals surface area contributed by atoms with E-state index in [0.717, 1.165) is 4.31 Å². The van der Waals surface area contributed by atoms with Gasteiger partial charge in [0.15, 0.2) is 0 Å². The topological polar surface area (TPSA) is 63.4 Å². The highest BCUT2D eigenvalue weighted by molar-refractivity contribution is 7.93. The number of anilines is 2. The van der Waals surface area contributed by atoms with Crippen molar-refractivity contribution in [1.82, 2.24) is 0 Å². The summed E-state index contributed by atoms with van der Waals surface area (Å²) in [4.78, 5) is 0.0295. The number of nitrogens with two attached hydrogens (primary N) is 1. The van der Waals surface area contributed by atoms with Crippen LogP contribution in [0.2, 0.25) is 0 Å². The van der Waals surface area contributed by atoms with E-state index in [0.29, 0.717) is 5.69 Å². The molecule has 0 atom stereocenters. The third-order valence-corrected chi connectivity index (χ3v) is 4.61. The monoisotopic (exact) mass is 280 g/mol. The molecule has 0 aliphatic heterocycles. The predicted molar refractivity (Wildman–Crippen MR) is 72.8 cm³/mol. The summed E-state index contributed by atoms with van der Waals surface area (Å²) in [5.41, 5.74) is 6.22. The minimum Gasteiger partial charge on any atom is -0.398 e. The van der Waals surface area contributed by atoms with Gasteiger partial charge in [0.1, 0.15) is 10.7 Å². The summed E-state index contributed by atoms with van der Waals surface area (Å²) in [5.74, 6) is -0.422. The van der Waals surface area contributed by atoms with Crippen molar-refractivity contribution in [2.24, 2.45) is 0 Å². The van der Waals surface area contributed by atoms with Gasteiger partial charge >= 0.3 is 0 Å². The standard InChI is InChI=1S/C13H13FN2O2S/c1-16(11-8-6-10(14)7-9-11)19(17,18)13-5-3-2-4-12(13)15/h2-9H,15H2,1H3. The van der Waals surface area contributed by atoms with E-state index in [1.54, 1.807) is 12.1 Å². The number of benzene rings is 2. The number of nitrogens with zero attached hydrogens (tertiary/aromatic N) is 1. The Morgan fingerprint density at radius 2 is 1.63 bits per heavy atom. The molecule has 0 unspecified atom stereocenters. The SMILES string of the molecule is CN(c1ccc(F)cc1)S(=O)(=O)c1ccccc1N. The van der Waals surface area contributed by atoms with Crippen LogP contribution in [0.4, 0.5) is 15.8 Å². The van der Waals surface area contributed by atoms with E-state index in [2.05, 4.69) is 0 Å². The number of hydrogen-bond acceptors (Lipinski definition) is 3. The van der Waals surface area contributed by atoms with Gasteiger partial charge in [-0.2, -0.15) is 0 Å². The molecule has 0 aliphatic carbocycles. The zero-order chi connectivity index (χ0) is 14.0. The highest BCUT2D eigenvalue weighted by Crippen LogP contribution is 2.25. The van der Waals surface area contributed by atoms with E-state index in [1.165, 1.54) is 43.4 Å². The molecule has 0 bridgehead atoms. The van der Waals surface area contributed by atoms with E-state index < -0.39 is 15.8 Å². The van der Waals surface area contributed by atoms with Crippen LogP contribution in [0.3, 0.4) is 0 Å². The van der Waals surface area contributed by atoms with Crippen LogP contribution >= 0.6 is 0 Å². The average Bonchev–Trinajstić information content (AvgIpc) is 2.39. The first kappa shape index (κ1) is 13.4. The van der Waals surface area contributed by atoms with Crippen LogP contribution in [0.1, 0.15) is 0 Å². The molecule has 2 N–H and O–H groups in total. The van der Waals surface area contributed by atoms with Crippen LogP contribution < -0.4 is 10.0 Å². The summed E-state index contributed by atoms with van der Waals surface area (Å²) < 4.78 is 38.7. The summed E-state index contributed by atoms with van der Waals surface area (Å²) >= 11 is 0. The lowest BCUT2D eigenvalue weighted by atomic mass is 10.3. The van der Waals surface area contributed by atoms with Crippen molar-refractivity contribution in [3.8, 4) is 0 Å². The molecule has 0 spiro atoms. The summed E-state index contributed by atoms with van der Waals surface area (Å²) in [6.07, 6.45) is 0. The molecule has 0 radical (unpaired) electrons. The van der Waals surface area contributed by atoms with Crippen LogP contribution in [-0.2, 0) is 10.0 Å². The minimum absolute atomic E-state index is 0.0295. The largest absolute Gasteiger partial charge is 0.398 e. The van der Waals surface area contributed by atoms with Crippen molar-refractivity contribution in [2.45, 2.75) is 4.90 Å². The lowest BCUT2D eigenvalue weighted by molar-refractivity contribution is 0.594. The Balaban J connectivity index is 2.45. The van der Waals surface area contributed by atoms with Gasteiger partial charge in [0.25, 0.3) is 10.0 Å². The molecule has 0 saturated carbocycles. The molecule has 2 aromatic carbocycles. The number of sulfonamides is 1. The molecule has 19 heavy (non-hydrogen) atoms. The van der Waals surface area contributed by atoms with Gasteiger partial charge in [-0.05, 0) is 36.4 Å². The van der Waals surface area contributed by atoms with Crippen molar-refractivity contribution in [3.05, 3.63) is 54.3 Å². The maximum absolute atomic E-state index is 12.8. The highest BCUT2D eigenvalue weighted by atomic mass is 32.2. The quantitative estimate of drug-likeness (QED) is 0.877. The van der Waals surface area contributed by atoms with Crippen molar-refractivity contribution in [2.75, 3.05) is 17.1 Å². The van der Waals surface area contributed by atoms with E-state index in [1.807, 2.05) is 0 Å². The maximum atomic E-state index is 12.8. The number of nitrogen functional groups attached to an aromatic ring is 1. The van der Waals surface area contributed by atoms with Gasteiger partial charge in [-0.25, -0.2) is 12.8 Å². The van der Waals surface area contributed by atoms with Gasteiger partial charge in [0, 0.05) is 7.05 Å². The lowest BCUT2D eigenvalue weighted by Crippen LogP contribution is -2.27. The van der Waals surface area contributed by atoms with Crippen molar-refractivity contribution in [3.63, 3.8) is 0 Å². The fourth-order valence-electron chi connectivity index (χ4n) is 1.65. The van der Waals surface area contributed by atoms with Gasteiger partial charge in [-0.15, -0.1) is 0 Å². The van der Waals surface area contributed by atoms with Crippen LogP contribution in [0.15, 0.2) is 53.4 Å². The summed E-state index contributed by atoms with van der Waals surface area (Å²) in [6.45, 7) is 0. The van der Waals surface area contributed by atoms with Gasteiger partial charge in [-0.3, -0.25) is 4.31 Å². The fraction of sp³-hybridized carbons (Fsp3) is 0.0769. The van der Waals surface area contributed by atoms with Gasteiger partial charge < -0.3 is 5.73 Å². The first-order valence-corrected chi connectivity index (χ1v) is 6.96. The Bertz CT molecular complexity index is 684. The van der Waals surface area contributed by atoms with Crippen LogP contribution in [0, 0.1) is 5.82 Å². The molecule has 0 saturated heterocycles. The Hall–Kier alpha value is -2.08. The molecular formula is C13H13FN2O2S. The average molecular weight is 280 g/mol. The number of hydrogen-bond donors (Lipinski definition) is 1. The molecule has 2 aromatic rings. The van der Waals surface area contributed by atoms with E-state index >= 15 is 0 Å². The zero-order valence-corrected chi connectivity index (χ0v) is 11.1. The van der Waals surface area contributed by atoms with Crippen molar-refractivity contribution in [1.29, 1.82) is 0 Å². The second kappa shape index (κ2) is 4.89. The Morgan fingerprint density at radius 1 is 1.05 bits per heavy atom. The fourth-order valence-corrected chi connectivity index (χ4v) is 2.96. The molecule has 0 amide bonds. The predicted octanol–water partition coefficient (Wildman–Crippen LogP) is 2.23. The van der Waals surface area contributed by atoms with E-state index in [4.69, 9.17) is 5.73 Å². The third kappa shape index (κ3) is 2.53.